The van der Waals surface area contributed by atoms with Crippen molar-refractivity contribution in [2.45, 2.75) is 18.9 Å². The lowest BCUT2D eigenvalue weighted by Crippen LogP contribution is -2.45. The van der Waals surface area contributed by atoms with E-state index >= 15 is 0 Å². The maximum absolute atomic E-state index is 13.1. The van der Waals surface area contributed by atoms with Crippen LogP contribution in [-0.4, -0.2) is 27.8 Å². The number of hydrogen-bond donors (Lipinski definition) is 3. The zero-order valence-electron chi connectivity index (χ0n) is 18.2. The Hall–Kier alpha value is -4.10. The first kappa shape index (κ1) is 23.1. The molecule has 8 heteroatoms. The molecule has 3 aromatic carbocycles. The van der Waals surface area contributed by atoms with Gasteiger partial charge in [0.05, 0.1) is 12.7 Å². The standard InChI is InChI=1S/C26H23ClN4O3/c27-19-6-10-22(11-7-19)34-23-12-8-20(9-13-23)30-26(33)24(14-18-4-2-1-3-5-18)31-25(32)15-21-16-28-17-29-21/h1-13,16-17,24H,14-15H2,(H,28,29)(H,30,33)(H,31,32)/t24-/m0/s1. The van der Waals surface area contributed by atoms with Gasteiger partial charge in [0.15, 0.2) is 0 Å². The summed E-state index contributed by atoms with van der Waals surface area (Å²) in [6.45, 7) is 0. The van der Waals surface area contributed by atoms with Crippen LogP contribution in [0.4, 0.5) is 5.69 Å². The van der Waals surface area contributed by atoms with Crippen molar-refractivity contribution in [3.8, 4) is 11.5 Å². The van der Waals surface area contributed by atoms with Crippen molar-refractivity contribution in [3.05, 3.63) is 108 Å². The average Bonchev–Trinajstić information content (AvgIpc) is 3.35. The maximum Gasteiger partial charge on any atom is 0.247 e. The summed E-state index contributed by atoms with van der Waals surface area (Å²) in [6, 6.07) is 22.9. The lowest BCUT2D eigenvalue weighted by atomic mass is 10.0. The van der Waals surface area contributed by atoms with E-state index in [0.29, 0.717) is 34.3 Å². The van der Waals surface area contributed by atoms with Crippen LogP contribution in [0.25, 0.3) is 0 Å². The Kier molecular flexibility index (Phi) is 7.57. The molecule has 172 valence electrons. The number of nitrogens with one attached hydrogen (secondary N) is 3. The topological polar surface area (TPSA) is 96.1 Å². The molecule has 1 aromatic heterocycles. The van der Waals surface area contributed by atoms with Gasteiger partial charge in [0, 0.05) is 29.0 Å². The fourth-order valence-electron chi connectivity index (χ4n) is 3.33. The molecule has 0 aliphatic rings. The number of nitrogens with zero attached hydrogens (tertiary/aromatic N) is 1. The Morgan fingerprint density at radius 2 is 1.62 bits per heavy atom. The molecule has 0 unspecified atom stereocenters. The summed E-state index contributed by atoms with van der Waals surface area (Å²) in [7, 11) is 0. The molecular formula is C26H23ClN4O3. The van der Waals surface area contributed by atoms with Crippen LogP contribution in [0.3, 0.4) is 0 Å². The number of amides is 2. The molecular weight excluding hydrogens is 452 g/mol. The summed E-state index contributed by atoms with van der Waals surface area (Å²) in [5.74, 6) is 0.693. The van der Waals surface area contributed by atoms with Crippen LogP contribution < -0.4 is 15.4 Å². The SMILES string of the molecule is O=C(Cc1cnc[nH]1)N[C@@H](Cc1ccccc1)C(=O)Nc1ccc(Oc2ccc(Cl)cc2)cc1. The van der Waals surface area contributed by atoms with Crippen molar-refractivity contribution in [2.24, 2.45) is 0 Å². The Bertz CT molecular complexity index is 1210. The summed E-state index contributed by atoms with van der Waals surface area (Å²) in [5, 5.41) is 6.35. The number of H-pyrrole nitrogens is 1. The van der Waals surface area contributed by atoms with Crippen LogP contribution in [0.2, 0.25) is 5.02 Å². The maximum atomic E-state index is 13.1. The highest BCUT2D eigenvalue weighted by Gasteiger charge is 2.22. The minimum Gasteiger partial charge on any atom is -0.457 e. The lowest BCUT2D eigenvalue weighted by Gasteiger charge is -2.19. The van der Waals surface area contributed by atoms with Gasteiger partial charge in [-0.05, 0) is 54.1 Å². The second-order valence-electron chi connectivity index (χ2n) is 7.63. The first-order valence-electron chi connectivity index (χ1n) is 10.7. The molecule has 4 aromatic rings. The number of halogens is 1. The van der Waals surface area contributed by atoms with E-state index in [1.807, 2.05) is 30.3 Å². The van der Waals surface area contributed by atoms with E-state index in [4.69, 9.17) is 16.3 Å². The van der Waals surface area contributed by atoms with Gasteiger partial charge in [0.2, 0.25) is 11.8 Å². The van der Waals surface area contributed by atoms with Gasteiger partial charge in [-0.2, -0.15) is 0 Å². The number of carbonyl (C=O) groups excluding carboxylic acids is 2. The Morgan fingerprint density at radius 1 is 0.941 bits per heavy atom. The molecule has 0 radical (unpaired) electrons. The van der Waals surface area contributed by atoms with Crippen LogP contribution in [0.1, 0.15) is 11.3 Å². The lowest BCUT2D eigenvalue weighted by molar-refractivity contribution is -0.126. The van der Waals surface area contributed by atoms with Gasteiger partial charge >= 0.3 is 0 Å². The van der Waals surface area contributed by atoms with Crippen molar-refractivity contribution in [3.63, 3.8) is 0 Å². The number of aromatic amines is 1. The van der Waals surface area contributed by atoms with Gasteiger partial charge in [-0.15, -0.1) is 0 Å². The fraction of sp³-hybridized carbons (Fsp3) is 0.115. The number of benzene rings is 3. The summed E-state index contributed by atoms with van der Waals surface area (Å²) >= 11 is 5.90. The minimum absolute atomic E-state index is 0.106. The molecule has 2 amide bonds. The van der Waals surface area contributed by atoms with Crippen molar-refractivity contribution in [1.29, 1.82) is 0 Å². The molecule has 0 aliphatic carbocycles. The fourth-order valence-corrected chi connectivity index (χ4v) is 3.46. The predicted octanol–water partition coefficient (Wildman–Crippen LogP) is 4.76. The number of aromatic nitrogens is 2. The average molecular weight is 475 g/mol. The molecule has 3 N–H and O–H groups in total. The Morgan fingerprint density at radius 3 is 2.26 bits per heavy atom. The van der Waals surface area contributed by atoms with Crippen LogP contribution >= 0.6 is 11.6 Å². The number of ether oxygens (including phenoxy) is 1. The third-order valence-electron chi connectivity index (χ3n) is 5.01. The van der Waals surface area contributed by atoms with E-state index in [9.17, 15) is 9.59 Å². The highest BCUT2D eigenvalue weighted by Crippen LogP contribution is 2.24. The number of imidazole rings is 1. The van der Waals surface area contributed by atoms with Gasteiger partial charge < -0.3 is 20.4 Å². The molecule has 0 spiro atoms. The number of rotatable bonds is 9. The van der Waals surface area contributed by atoms with E-state index in [1.165, 1.54) is 6.33 Å². The van der Waals surface area contributed by atoms with E-state index < -0.39 is 6.04 Å². The molecule has 0 saturated carbocycles. The number of carbonyl (C=O) groups is 2. The van der Waals surface area contributed by atoms with Crippen molar-refractivity contribution >= 4 is 29.1 Å². The molecule has 34 heavy (non-hydrogen) atoms. The van der Waals surface area contributed by atoms with Crippen LogP contribution in [0, 0.1) is 0 Å². The molecule has 0 bridgehead atoms. The molecule has 7 nitrogen and oxygen atoms in total. The second-order valence-corrected chi connectivity index (χ2v) is 8.07. The summed E-state index contributed by atoms with van der Waals surface area (Å²) in [4.78, 5) is 32.4. The molecule has 0 fully saturated rings. The Labute approximate surface area is 202 Å². The number of anilines is 1. The zero-order chi connectivity index (χ0) is 23.8. The first-order valence-corrected chi connectivity index (χ1v) is 11.1. The van der Waals surface area contributed by atoms with Gasteiger partial charge in [0.1, 0.15) is 17.5 Å². The third kappa shape index (κ3) is 6.70. The summed E-state index contributed by atoms with van der Waals surface area (Å²) in [5.41, 5.74) is 2.21. The Balaban J connectivity index is 1.41. The molecule has 0 aliphatic heterocycles. The quantitative estimate of drug-likeness (QED) is 0.326. The van der Waals surface area contributed by atoms with Gasteiger partial charge in [-0.3, -0.25) is 9.59 Å². The van der Waals surface area contributed by atoms with E-state index in [1.54, 1.807) is 54.7 Å². The van der Waals surface area contributed by atoms with E-state index in [2.05, 4.69) is 20.6 Å². The predicted molar refractivity (Wildman–Crippen MR) is 131 cm³/mol. The largest absolute Gasteiger partial charge is 0.457 e. The first-order chi connectivity index (χ1) is 16.5. The smallest absolute Gasteiger partial charge is 0.247 e. The monoisotopic (exact) mass is 474 g/mol. The van der Waals surface area contributed by atoms with Gasteiger partial charge in [0.25, 0.3) is 0 Å². The summed E-state index contributed by atoms with van der Waals surface area (Å²) < 4.78 is 5.79. The van der Waals surface area contributed by atoms with Crippen molar-refractivity contribution in [1.82, 2.24) is 15.3 Å². The van der Waals surface area contributed by atoms with Crippen LogP contribution in [0.15, 0.2) is 91.4 Å². The zero-order valence-corrected chi connectivity index (χ0v) is 19.0. The highest BCUT2D eigenvalue weighted by molar-refractivity contribution is 6.30. The third-order valence-corrected chi connectivity index (χ3v) is 5.26. The molecule has 4 rings (SSSR count). The van der Waals surface area contributed by atoms with Crippen molar-refractivity contribution in [2.75, 3.05) is 5.32 Å². The molecule has 1 heterocycles. The normalized spacial score (nSPS) is 11.4. The van der Waals surface area contributed by atoms with Crippen LogP contribution in [-0.2, 0) is 22.4 Å². The van der Waals surface area contributed by atoms with Crippen LogP contribution in [0.5, 0.6) is 11.5 Å². The van der Waals surface area contributed by atoms with Crippen molar-refractivity contribution < 1.29 is 14.3 Å². The summed E-state index contributed by atoms with van der Waals surface area (Å²) in [6.07, 6.45) is 3.56. The molecule has 1 atom stereocenters. The minimum atomic E-state index is -0.747. The number of hydrogen-bond acceptors (Lipinski definition) is 4. The second kappa shape index (κ2) is 11.2. The van der Waals surface area contributed by atoms with Gasteiger partial charge in [-0.25, -0.2) is 4.98 Å². The highest BCUT2D eigenvalue weighted by atomic mass is 35.5. The molecule has 0 saturated heterocycles. The van der Waals surface area contributed by atoms with E-state index in [-0.39, 0.29) is 18.2 Å². The van der Waals surface area contributed by atoms with E-state index in [0.717, 1.165) is 5.56 Å². The van der Waals surface area contributed by atoms with Gasteiger partial charge in [-0.1, -0.05) is 41.9 Å².